The molecule has 0 fully saturated rings. The van der Waals surface area contributed by atoms with Crippen molar-refractivity contribution in [2.45, 2.75) is 0 Å². The molecule has 0 aliphatic heterocycles. The van der Waals surface area contributed by atoms with Gasteiger partial charge >= 0.3 is 5.97 Å². The molecule has 0 bridgehead atoms. The van der Waals surface area contributed by atoms with Crippen LogP contribution in [0, 0.1) is 0 Å². The van der Waals surface area contributed by atoms with Gasteiger partial charge in [0.15, 0.2) is 28.8 Å². The lowest BCUT2D eigenvalue weighted by Gasteiger charge is -2.15. The lowest BCUT2D eigenvalue weighted by molar-refractivity contribution is -0.131. The van der Waals surface area contributed by atoms with Crippen LogP contribution in [0.15, 0.2) is 51.7 Å². The summed E-state index contributed by atoms with van der Waals surface area (Å²) in [5, 5.41) is 79.4. The smallest absolute Gasteiger partial charge is 0.328 e. The minimum Gasteiger partial charge on any atom is -0.507 e. The number of hydrogen-bond acceptors (Lipinski definition) is 10. The molecule has 0 radical (unpaired) electrons. The number of phenols is 6. The number of fused-ring (bicyclic) bond motifs is 1. The van der Waals surface area contributed by atoms with E-state index in [-0.39, 0.29) is 22.3 Å². The SMILES string of the molecule is O=C(O)/C=C/c1cc(O)c(O)cc1-c1c(O)cc2oc(-c3ccc(O)c(O)c3)c(O)c(=O)c2c1O. The Labute approximate surface area is 194 Å². The molecule has 0 aliphatic carbocycles. The van der Waals surface area contributed by atoms with Gasteiger partial charge in [-0.05, 0) is 42.0 Å². The predicted octanol–water partition coefficient (Wildman–Crippen LogP) is 3.16. The van der Waals surface area contributed by atoms with Crippen molar-refractivity contribution < 1.29 is 50.1 Å². The Morgan fingerprint density at radius 2 is 1.43 bits per heavy atom. The third kappa shape index (κ3) is 3.86. The van der Waals surface area contributed by atoms with E-state index in [1.807, 2.05) is 0 Å². The monoisotopic (exact) mass is 480 g/mol. The van der Waals surface area contributed by atoms with Gasteiger partial charge in [-0.2, -0.15) is 0 Å². The van der Waals surface area contributed by atoms with Crippen LogP contribution in [0.3, 0.4) is 0 Å². The largest absolute Gasteiger partial charge is 0.507 e. The minimum absolute atomic E-state index is 0.00408. The second-order valence-electron chi connectivity index (χ2n) is 7.40. The van der Waals surface area contributed by atoms with Crippen molar-refractivity contribution in [2.75, 3.05) is 0 Å². The summed E-state index contributed by atoms with van der Waals surface area (Å²) in [7, 11) is 0. The topological polar surface area (TPSA) is 209 Å². The fourth-order valence-electron chi connectivity index (χ4n) is 3.55. The molecule has 1 heterocycles. The third-order valence-electron chi connectivity index (χ3n) is 5.17. The van der Waals surface area contributed by atoms with E-state index >= 15 is 0 Å². The normalized spacial score (nSPS) is 11.3. The van der Waals surface area contributed by atoms with Crippen molar-refractivity contribution in [1.29, 1.82) is 0 Å². The lowest BCUT2D eigenvalue weighted by atomic mass is 9.95. The van der Waals surface area contributed by atoms with E-state index in [1.165, 1.54) is 6.07 Å². The molecule has 3 aromatic carbocycles. The van der Waals surface area contributed by atoms with Gasteiger partial charge in [-0.25, -0.2) is 4.79 Å². The Morgan fingerprint density at radius 1 is 0.771 bits per heavy atom. The van der Waals surface area contributed by atoms with Gasteiger partial charge in [-0.3, -0.25) is 4.79 Å². The maximum Gasteiger partial charge on any atom is 0.328 e. The summed E-state index contributed by atoms with van der Waals surface area (Å²) in [6.45, 7) is 0. The Morgan fingerprint density at radius 3 is 2.09 bits per heavy atom. The molecule has 0 saturated heterocycles. The molecule has 4 aromatic rings. The number of aromatic hydroxyl groups is 7. The van der Waals surface area contributed by atoms with Crippen LogP contribution < -0.4 is 5.43 Å². The highest BCUT2D eigenvalue weighted by atomic mass is 16.4. The minimum atomic E-state index is -1.34. The first-order valence-corrected chi connectivity index (χ1v) is 9.74. The van der Waals surface area contributed by atoms with Crippen molar-refractivity contribution in [3.8, 4) is 62.7 Å². The summed E-state index contributed by atoms with van der Waals surface area (Å²) >= 11 is 0. The molecule has 0 unspecified atom stereocenters. The third-order valence-corrected chi connectivity index (χ3v) is 5.17. The van der Waals surface area contributed by atoms with Gasteiger partial charge in [0, 0.05) is 23.3 Å². The van der Waals surface area contributed by atoms with E-state index < -0.39 is 68.4 Å². The molecule has 0 amide bonds. The maximum absolute atomic E-state index is 13.0. The Kier molecular flexibility index (Phi) is 5.37. The molecule has 11 heteroatoms. The molecular weight excluding hydrogens is 464 g/mol. The maximum atomic E-state index is 13.0. The van der Waals surface area contributed by atoms with E-state index in [0.717, 1.165) is 36.4 Å². The first kappa shape index (κ1) is 22.9. The average molecular weight is 480 g/mol. The van der Waals surface area contributed by atoms with Gasteiger partial charge in [-0.1, -0.05) is 0 Å². The summed E-state index contributed by atoms with van der Waals surface area (Å²) < 4.78 is 5.52. The van der Waals surface area contributed by atoms with Gasteiger partial charge in [0.2, 0.25) is 11.2 Å². The van der Waals surface area contributed by atoms with E-state index in [1.54, 1.807) is 0 Å². The first-order valence-electron chi connectivity index (χ1n) is 9.74. The number of benzene rings is 3. The Bertz CT molecular complexity index is 1610. The van der Waals surface area contributed by atoms with Crippen LogP contribution >= 0.6 is 0 Å². The summed E-state index contributed by atoms with van der Waals surface area (Å²) in [6.07, 6.45) is 1.74. The van der Waals surface area contributed by atoms with Crippen LogP contribution in [0.2, 0.25) is 0 Å². The zero-order chi connectivity index (χ0) is 25.6. The Balaban J connectivity index is 2.03. The molecule has 0 saturated carbocycles. The van der Waals surface area contributed by atoms with E-state index in [9.17, 15) is 45.3 Å². The van der Waals surface area contributed by atoms with Gasteiger partial charge in [-0.15, -0.1) is 0 Å². The van der Waals surface area contributed by atoms with Crippen LogP contribution in [0.4, 0.5) is 0 Å². The molecule has 1 aromatic heterocycles. The number of carbonyl (C=O) groups is 1. The van der Waals surface area contributed by atoms with Crippen LogP contribution in [0.5, 0.6) is 40.2 Å². The van der Waals surface area contributed by atoms with E-state index in [4.69, 9.17) is 9.52 Å². The second kappa shape index (κ2) is 8.23. The van der Waals surface area contributed by atoms with Crippen LogP contribution in [0.25, 0.3) is 39.5 Å². The predicted molar refractivity (Wildman–Crippen MR) is 122 cm³/mol. The van der Waals surface area contributed by atoms with Crippen molar-refractivity contribution >= 4 is 23.0 Å². The second-order valence-corrected chi connectivity index (χ2v) is 7.40. The van der Waals surface area contributed by atoms with Crippen molar-refractivity contribution in [2.24, 2.45) is 0 Å². The molecule has 8 N–H and O–H groups in total. The number of aliphatic carboxylic acids is 1. The standard InChI is InChI=1S/C24H16O11/c25-12-3-1-10(6-13(12)26)24-23(34)22(33)20-17(35-24)8-16(29)19(21(20)32)11-7-15(28)14(27)5-9(11)2-4-18(30)31/h1-8,25-29,32,34H,(H,30,31)/b4-2+. The lowest BCUT2D eigenvalue weighted by Crippen LogP contribution is -2.04. The molecule has 0 spiro atoms. The van der Waals surface area contributed by atoms with Crippen LogP contribution in [0.1, 0.15) is 5.56 Å². The van der Waals surface area contributed by atoms with Gasteiger partial charge in [0.1, 0.15) is 22.5 Å². The summed E-state index contributed by atoms with van der Waals surface area (Å²) in [5.41, 5.74) is -2.08. The molecular formula is C24H16O11. The molecule has 4 rings (SSSR count). The highest BCUT2D eigenvalue weighted by Crippen LogP contribution is 2.47. The number of carboxylic acid groups (broad SMARTS) is 1. The number of rotatable bonds is 4. The Hall–Kier alpha value is -5.32. The van der Waals surface area contributed by atoms with Crippen molar-refractivity contribution in [3.05, 3.63) is 58.3 Å². The van der Waals surface area contributed by atoms with Gasteiger partial charge < -0.3 is 45.3 Å². The fourth-order valence-corrected chi connectivity index (χ4v) is 3.55. The van der Waals surface area contributed by atoms with Gasteiger partial charge in [0.05, 0.1) is 5.56 Å². The quantitative estimate of drug-likeness (QED) is 0.157. The summed E-state index contributed by atoms with van der Waals surface area (Å²) in [4.78, 5) is 23.9. The fraction of sp³-hybridized carbons (Fsp3) is 0. The summed E-state index contributed by atoms with van der Waals surface area (Å²) in [5.74, 6) is -6.51. The molecule has 0 atom stereocenters. The average Bonchev–Trinajstić information content (AvgIpc) is 2.79. The molecule has 0 aliphatic rings. The number of hydrogen-bond donors (Lipinski definition) is 8. The highest BCUT2D eigenvalue weighted by molar-refractivity contribution is 5.99. The highest BCUT2D eigenvalue weighted by Gasteiger charge is 2.25. The number of phenolic OH excluding ortho intramolecular Hbond substituents is 6. The van der Waals surface area contributed by atoms with E-state index in [2.05, 4.69) is 0 Å². The van der Waals surface area contributed by atoms with Crippen molar-refractivity contribution in [3.63, 3.8) is 0 Å². The summed E-state index contributed by atoms with van der Waals surface area (Å²) in [6, 6.07) is 6.22. The van der Waals surface area contributed by atoms with Crippen molar-refractivity contribution in [1.82, 2.24) is 0 Å². The first-order chi connectivity index (χ1) is 16.5. The molecule has 178 valence electrons. The van der Waals surface area contributed by atoms with Crippen LogP contribution in [-0.4, -0.2) is 46.8 Å². The molecule has 11 nitrogen and oxygen atoms in total. The zero-order valence-electron chi connectivity index (χ0n) is 17.4. The number of carboxylic acids is 1. The van der Waals surface area contributed by atoms with E-state index in [0.29, 0.717) is 6.08 Å². The molecule has 35 heavy (non-hydrogen) atoms. The van der Waals surface area contributed by atoms with Gasteiger partial charge in [0.25, 0.3) is 0 Å². The van der Waals surface area contributed by atoms with Crippen LogP contribution in [-0.2, 0) is 4.79 Å². The zero-order valence-corrected chi connectivity index (χ0v) is 17.4.